The summed E-state index contributed by atoms with van der Waals surface area (Å²) in [6, 6.07) is 12.1. The van der Waals surface area contributed by atoms with Gasteiger partial charge in [-0.2, -0.15) is 0 Å². The molecule has 1 atom stereocenters. The smallest absolute Gasteiger partial charge is 0.139 e. The molecule has 0 spiro atoms. The first-order valence-corrected chi connectivity index (χ1v) is 10.4. The zero-order valence-electron chi connectivity index (χ0n) is 16.4. The van der Waals surface area contributed by atoms with Crippen molar-refractivity contribution in [1.82, 2.24) is 19.9 Å². The number of rotatable bonds is 6. The molecule has 6 heteroatoms. The highest BCUT2D eigenvalue weighted by molar-refractivity contribution is 6.01. The van der Waals surface area contributed by atoms with Gasteiger partial charge in [0.25, 0.3) is 0 Å². The van der Waals surface area contributed by atoms with Gasteiger partial charge in [0, 0.05) is 11.1 Å². The molecule has 0 amide bonds. The SMILES string of the molecule is O[C@@H](COCc1ccccc1)c1nc2c(cnc3[nH]c(C4CCCCC4)cc32)[nH]1. The third kappa shape index (κ3) is 3.78. The van der Waals surface area contributed by atoms with Crippen LogP contribution in [0.25, 0.3) is 22.1 Å². The Hall–Kier alpha value is -2.70. The predicted octanol–water partition coefficient (Wildman–Crippen LogP) is 4.74. The van der Waals surface area contributed by atoms with Gasteiger partial charge >= 0.3 is 0 Å². The molecule has 1 saturated carbocycles. The van der Waals surface area contributed by atoms with Gasteiger partial charge in [-0.3, -0.25) is 0 Å². The van der Waals surface area contributed by atoms with Crippen LogP contribution in [0.15, 0.2) is 42.6 Å². The molecule has 1 aliphatic rings. The lowest BCUT2D eigenvalue weighted by Crippen LogP contribution is -2.08. The lowest BCUT2D eigenvalue weighted by molar-refractivity contribution is 0.0240. The molecule has 1 fully saturated rings. The van der Waals surface area contributed by atoms with E-state index < -0.39 is 6.10 Å². The summed E-state index contributed by atoms with van der Waals surface area (Å²) < 4.78 is 5.67. The Morgan fingerprint density at radius 3 is 2.76 bits per heavy atom. The fourth-order valence-electron chi connectivity index (χ4n) is 4.31. The maximum absolute atomic E-state index is 10.5. The number of aromatic nitrogens is 4. The summed E-state index contributed by atoms with van der Waals surface area (Å²) in [6.45, 7) is 0.651. The van der Waals surface area contributed by atoms with Crippen LogP contribution in [-0.4, -0.2) is 31.6 Å². The van der Waals surface area contributed by atoms with Crippen LogP contribution in [0, 0.1) is 0 Å². The van der Waals surface area contributed by atoms with Crippen LogP contribution < -0.4 is 0 Å². The summed E-state index contributed by atoms with van der Waals surface area (Å²) in [7, 11) is 0. The van der Waals surface area contributed by atoms with E-state index in [0.29, 0.717) is 18.3 Å². The van der Waals surface area contributed by atoms with Gasteiger partial charge in [0.15, 0.2) is 0 Å². The molecule has 29 heavy (non-hydrogen) atoms. The van der Waals surface area contributed by atoms with Crippen molar-refractivity contribution in [2.24, 2.45) is 0 Å². The lowest BCUT2D eigenvalue weighted by atomic mass is 9.87. The number of benzene rings is 1. The van der Waals surface area contributed by atoms with E-state index in [4.69, 9.17) is 4.74 Å². The topological polar surface area (TPSA) is 86.8 Å². The second-order valence-corrected chi connectivity index (χ2v) is 7.98. The van der Waals surface area contributed by atoms with Gasteiger partial charge in [-0.15, -0.1) is 0 Å². The van der Waals surface area contributed by atoms with Crippen LogP contribution in [0.2, 0.25) is 0 Å². The zero-order valence-corrected chi connectivity index (χ0v) is 16.4. The molecule has 0 aliphatic heterocycles. The standard InChI is InChI=1S/C23H26N4O2/c28-20(14-29-13-15-7-3-1-4-8-15)23-26-19-12-24-22-17(21(19)27-23)11-18(25-22)16-9-5-2-6-10-16/h1,3-4,7-8,11-12,16,20,28H,2,5-6,9-10,13-14H2,(H,24,25)(H,26,27)/t20-/m0/s1. The van der Waals surface area contributed by atoms with Gasteiger partial charge in [-0.05, 0) is 30.4 Å². The Kier molecular flexibility index (Phi) is 5.04. The number of nitrogens with zero attached hydrogens (tertiary/aromatic N) is 2. The van der Waals surface area contributed by atoms with Crippen LogP contribution in [0.5, 0.6) is 0 Å². The maximum Gasteiger partial charge on any atom is 0.139 e. The number of aliphatic hydroxyl groups excluding tert-OH is 1. The van der Waals surface area contributed by atoms with E-state index in [0.717, 1.165) is 27.6 Å². The van der Waals surface area contributed by atoms with Crippen molar-refractivity contribution in [3.8, 4) is 0 Å². The molecule has 0 bridgehead atoms. The minimum Gasteiger partial charge on any atom is -0.383 e. The molecule has 0 unspecified atom stereocenters. The molecule has 5 rings (SSSR count). The van der Waals surface area contributed by atoms with Crippen molar-refractivity contribution in [3.05, 3.63) is 59.7 Å². The summed E-state index contributed by atoms with van der Waals surface area (Å²) in [5.41, 5.74) is 4.90. The van der Waals surface area contributed by atoms with Gasteiger partial charge in [0.1, 0.15) is 23.1 Å². The van der Waals surface area contributed by atoms with Gasteiger partial charge in [-0.25, -0.2) is 9.97 Å². The largest absolute Gasteiger partial charge is 0.383 e. The first-order chi connectivity index (χ1) is 14.3. The van der Waals surface area contributed by atoms with Crippen LogP contribution in [0.4, 0.5) is 0 Å². The first-order valence-electron chi connectivity index (χ1n) is 10.4. The highest BCUT2D eigenvalue weighted by atomic mass is 16.5. The number of H-pyrrole nitrogens is 2. The van der Waals surface area contributed by atoms with E-state index in [1.165, 1.54) is 37.8 Å². The number of hydrogen-bond donors (Lipinski definition) is 3. The summed E-state index contributed by atoms with van der Waals surface area (Å²) >= 11 is 0. The highest BCUT2D eigenvalue weighted by Gasteiger charge is 2.20. The summed E-state index contributed by atoms with van der Waals surface area (Å²) in [4.78, 5) is 15.9. The Morgan fingerprint density at radius 2 is 1.93 bits per heavy atom. The summed E-state index contributed by atoms with van der Waals surface area (Å²) in [5, 5.41) is 11.6. The van der Waals surface area contributed by atoms with Crippen LogP contribution in [0.1, 0.15) is 61.2 Å². The van der Waals surface area contributed by atoms with Gasteiger partial charge in [-0.1, -0.05) is 49.6 Å². The highest BCUT2D eigenvalue weighted by Crippen LogP contribution is 2.34. The molecule has 3 heterocycles. The molecule has 1 aromatic carbocycles. The van der Waals surface area contributed by atoms with Crippen LogP contribution >= 0.6 is 0 Å². The second kappa shape index (κ2) is 7.97. The Labute approximate surface area is 169 Å². The summed E-state index contributed by atoms with van der Waals surface area (Å²) in [5.74, 6) is 1.10. The van der Waals surface area contributed by atoms with Gasteiger partial charge in [0.05, 0.1) is 24.9 Å². The third-order valence-electron chi connectivity index (χ3n) is 5.89. The van der Waals surface area contributed by atoms with Crippen LogP contribution in [0.3, 0.4) is 0 Å². The Morgan fingerprint density at radius 1 is 1.10 bits per heavy atom. The number of aliphatic hydroxyl groups is 1. The maximum atomic E-state index is 10.5. The molecular weight excluding hydrogens is 364 g/mol. The average molecular weight is 390 g/mol. The number of fused-ring (bicyclic) bond motifs is 3. The molecule has 6 nitrogen and oxygen atoms in total. The number of ether oxygens (including phenoxy) is 1. The van der Waals surface area contributed by atoms with Crippen molar-refractivity contribution in [2.45, 2.75) is 50.7 Å². The van der Waals surface area contributed by atoms with Crippen molar-refractivity contribution in [2.75, 3.05) is 6.61 Å². The number of imidazole rings is 1. The fraction of sp³-hybridized carbons (Fsp3) is 0.391. The van der Waals surface area contributed by atoms with Gasteiger partial charge < -0.3 is 19.8 Å². The van der Waals surface area contributed by atoms with Crippen molar-refractivity contribution in [1.29, 1.82) is 0 Å². The molecule has 0 saturated heterocycles. The second-order valence-electron chi connectivity index (χ2n) is 7.98. The van der Waals surface area contributed by atoms with E-state index >= 15 is 0 Å². The zero-order chi connectivity index (χ0) is 19.6. The first kappa shape index (κ1) is 18.3. The van der Waals surface area contributed by atoms with Gasteiger partial charge in [0.2, 0.25) is 0 Å². The van der Waals surface area contributed by atoms with E-state index in [1.807, 2.05) is 30.3 Å². The molecular formula is C23H26N4O2. The minimum atomic E-state index is -0.807. The molecule has 150 valence electrons. The Bertz CT molecular complexity index is 1100. The average Bonchev–Trinajstić information content (AvgIpc) is 3.39. The summed E-state index contributed by atoms with van der Waals surface area (Å²) in [6.07, 6.45) is 7.38. The van der Waals surface area contributed by atoms with E-state index in [2.05, 4.69) is 26.0 Å². The predicted molar refractivity (Wildman–Crippen MR) is 113 cm³/mol. The van der Waals surface area contributed by atoms with Crippen molar-refractivity contribution in [3.63, 3.8) is 0 Å². The van der Waals surface area contributed by atoms with Crippen molar-refractivity contribution < 1.29 is 9.84 Å². The lowest BCUT2D eigenvalue weighted by Gasteiger charge is -2.20. The normalized spacial score (nSPS) is 16.6. The third-order valence-corrected chi connectivity index (χ3v) is 5.89. The quantitative estimate of drug-likeness (QED) is 0.444. The Balaban J connectivity index is 1.34. The van der Waals surface area contributed by atoms with E-state index in [1.54, 1.807) is 6.20 Å². The number of hydrogen-bond acceptors (Lipinski definition) is 4. The molecule has 3 aromatic heterocycles. The monoisotopic (exact) mass is 390 g/mol. The molecule has 1 aliphatic carbocycles. The number of aromatic amines is 2. The molecule has 4 aromatic rings. The number of pyridine rings is 1. The van der Waals surface area contributed by atoms with E-state index in [-0.39, 0.29) is 6.61 Å². The van der Waals surface area contributed by atoms with Crippen LogP contribution in [-0.2, 0) is 11.3 Å². The minimum absolute atomic E-state index is 0.186. The molecule has 0 radical (unpaired) electrons. The fourth-order valence-corrected chi connectivity index (χ4v) is 4.31. The van der Waals surface area contributed by atoms with Crippen molar-refractivity contribution >= 4 is 22.1 Å². The molecule has 3 N–H and O–H groups in total. The number of nitrogens with one attached hydrogen (secondary N) is 2. The van der Waals surface area contributed by atoms with E-state index in [9.17, 15) is 5.11 Å².